The third kappa shape index (κ3) is 4.34. The molecule has 0 saturated carbocycles. The molecule has 3 heteroatoms. The summed E-state index contributed by atoms with van der Waals surface area (Å²) in [5.41, 5.74) is 2.50. The summed E-state index contributed by atoms with van der Waals surface area (Å²) in [6.45, 7) is 6.67. The molecule has 1 unspecified atom stereocenters. The third-order valence-electron chi connectivity index (χ3n) is 3.98. The summed E-state index contributed by atoms with van der Waals surface area (Å²) in [7, 11) is 0. The number of nitrogens with zero attached hydrogens (tertiary/aromatic N) is 1. The maximum Gasteiger partial charge on any atom is 0.239 e. The lowest BCUT2D eigenvalue weighted by molar-refractivity contribution is -0.133. The Hall–Kier alpha value is -1.35. The first kappa shape index (κ1) is 15.0. The maximum atomic E-state index is 12.4. The zero-order chi connectivity index (χ0) is 14.4. The van der Waals surface area contributed by atoms with Gasteiger partial charge in [-0.1, -0.05) is 42.7 Å². The molecule has 0 bridgehead atoms. The number of hydrogen-bond donors (Lipinski definition) is 1. The van der Waals surface area contributed by atoms with Crippen LogP contribution in [0.4, 0.5) is 0 Å². The van der Waals surface area contributed by atoms with Crippen LogP contribution >= 0.6 is 0 Å². The Morgan fingerprint density at radius 2 is 1.95 bits per heavy atom. The minimum Gasteiger partial charge on any atom is -0.341 e. The Morgan fingerprint density at radius 3 is 2.60 bits per heavy atom. The summed E-state index contributed by atoms with van der Waals surface area (Å²) in [5, 5.41) is 3.35. The number of hydrogen-bond acceptors (Lipinski definition) is 2. The van der Waals surface area contributed by atoms with Crippen molar-refractivity contribution in [2.75, 3.05) is 13.1 Å². The lowest BCUT2D eigenvalue weighted by atomic mass is 10.1. The van der Waals surface area contributed by atoms with Crippen LogP contribution in [0.15, 0.2) is 24.3 Å². The first-order chi connectivity index (χ1) is 9.66. The number of carbonyl (C=O) groups is 1. The van der Waals surface area contributed by atoms with Crippen LogP contribution in [0.5, 0.6) is 0 Å². The van der Waals surface area contributed by atoms with Crippen molar-refractivity contribution >= 4 is 5.91 Å². The molecule has 20 heavy (non-hydrogen) atoms. The fourth-order valence-corrected chi connectivity index (χ4v) is 2.75. The lowest BCUT2D eigenvalue weighted by Gasteiger charge is -2.24. The average molecular weight is 274 g/mol. The van der Waals surface area contributed by atoms with Crippen LogP contribution < -0.4 is 5.32 Å². The number of rotatable bonds is 4. The third-order valence-corrected chi connectivity index (χ3v) is 3.98. The van der Waals surface area contributed by atoms with Crippen molar-refractivity contribution in [1.29, 1.82) is 0 Å². The fourth-order valence-electron chi connectivity index (χ4n) is 2.75. The van der Waals surface area contributed by atoms with E-state index in [2.05, 4.69) is 36.5 Å². The first-order valence-electron chi connectivity index (χ1n) is 7.74. The highest BCUT2D eigenvalue weighted by molar-refractivity contribution is 5.81. The zero-order valence-electron chi connectivity index (χ0n) is 12.7. The van der Waals surface area contributed by atoms with Crippen molar-refractivity contribution in [3.63, 3.8) is 0 Å². The molecular weight excluding hydrogens is 248 g/mol. The van der Waals surface area contributed by atoms with Crippen LogP contribution in [-0.4, -0.2) is 29.9 Å². The second kappa shape index (κ2) is 7.44. The molecule has 110 valence electrons. The zero-order valence-corrected chi connectivity index (χ0v) is 12.7. The smallest absolute Gasteiger partial charge is 0.239 e. The van der Waals surface area contributed by atoms with Crippen LogP contribution in [0, 0.1) is 6.92 Å². The minimum atomic E-state index is -0.103. The average Bonchev–Trinajstić information content (AvgIpc) is 2.73. The Kier molecular flexibility index (Phi) is 5.60. The van der Waals surface area contributed by atoms with Gasteiger partial charge < -0.3 is 10.2 Å². The van der Waals surface area contributed by atoms with Crippen molar-refractivity contribution < 1.29 is 4.79 Å². The van der Waals surface area contributed by atoms with Crippen LogP contribution in [0.2, 0.25) is 0 Å². The molecule has 1 atom stereocenters. The topological polar surface area (TPSA) is 32.3 Å². The lowest BCUT2D eigenvalue weighted by Crippen LogP contribution is -2.45. The van der Waals surface area contributed by atoms with Gasteiger partial charge in [0.05, 0.1) is 6.04 Å². The normalized spacial score (nSPS) is 17.6. The molecule has 0 radical (unpaired) electrons. The summed E-state index contributed by atoms with van der Waals surface area (Å²) in [6.07, 6.45) is 4.82. The van der Waals surface area contributed by atoms with Crippen LogP contribution in [-0.2, 0) is 11.3 Å². The molecule has 1 aromatic carbocycles. The predicted octanol–water partition coefficient (Wildman–Crippen LogP) is 2.88. The van der Waals surface area contributed by atoms with E-state index in [1.54, 1.807) is 0 Å². The molecule has 1 aromatic rings. The number of likely N-dealkylation sites (tertiary alicyclic amines) is 1. The number of aryl methyl sites for hydroxylation is 1. The van der Waals surface area contributed by atoms with Crippen LogP contribution in [0.1, 0.15) is 43.7 Å². The first-order valence-corrected chi connectivity index (χ1v) is 7.74. The van der Waals surface area contributed by atoms with Gasteiger partial charge in [0.2, 0.25) is 5.91 Å². The summed E-state index contributed by atoms with van der Waals surface area (Å²) >= 11 is 0. The van der Waals surface area contributed by atoms with Gasteiger partial charge in [0.15, 0.2) is 0 Å². The number of nitrogens with one attached hydrogen (secondary N) is 1. The highest BCUT2D eigenvalue weighted by atomic mass is 16.2. The Bertz CT molecular complexity index is 436. The van der Waals surface area contributed by atoms with E-state index < -0.39 is 0 Å². The Balaban J connectivity index is 1.84. The number of amides is 1. The van der Waals surface area contributed by atoms with Crippen molar-refractivity contribution in [2.45, 2.75) is 52.1 Å². The monoisotopic (exact) mass is 274 g/mol. The second-order valence-electron chi connectivity index (χ2n) is 5.83. The second-order valence-corrected chi connectivity index (χ2v) is 5.83. The van der Waals surface area contributed by atoms with E-state index in [0.29, 0.717) is 0 Å². The van der Waals surface area contributed by atoms with E-state index in [0.717, 1.165) is 32.5 Å². The summed E-state index contributed by atoms with van der Waals surface area (Å²) in [4.78, 5) is 14.4. The molecule has 1 saturated heterocycles. The van der Waals surface area contributed by atoms with Crippen LogP contribution in [0.3, 0.4) is 0 Å². The molecule has 1 heterocycles. The van der Waals surface area contributed by atoms with E-state index in [4.69, 9.17) is 0 Å². The van der Waals surface area contributed by atoms with E-state index in [1.807, 2.05) is 11.8 Å². The molecule has 3 nitrogen and oxygen atoms in total. The molecular formula is C17H26N2O. The minimum absolute atomic E-state index is 0.103. The molecule has 1 fully saturated rings. The standard InChI is InChI=1S/C17H26N2O/c1-14-8-7-9-16(12-14)13-18-15(2)17(20)19-10-5-3-4-6-11-19/h7-9,12,15,18H,3-6,10-11,13H2,1-2H3. The summed E-state index contributed by atoms with van der Waals surface area (Å²) in [5.74, 6) is 0.250. The van der Waals surface area contributed by atoms with Gasteiger partial charge in [-0.05, 0) is 32.3 Å². The number of benzene rings is 1. The van der Waals surface area contributed by atoms with Crippen molar-refractivity contribution in [3.05, 3.63) is 35.4 Å². The molecule has 0 aliphatic carbocycles. The predicted molar refractivity (Wildman–Crippen MR) is 82.5 cm³/mol. The van der Waals surface area contributed by atoms with Gasteiger partial charge in [0.1, 0.15) is 0 Å². The molecule has 1 aliphatic rings. The maximum absolute atomic E-state index is 12.4. The fraction of sp³-hybridized carbons (Fsp3) is 0.588. The Labute approximate surface area is 122 Å². The van der Waals surface area contributed by atoms with Crippen LogP contribution in [0.25, 0.3) is 0 Å². The molecule has 1 aliphatic heterocycles. The van der Waals surface area contributed by atoms with E-state index in [-0.39, 0.29) is 11.9 Å². The summed E-state index contributed by atoms with van der Waals surface area (Å²) < 4.78 is 0. The highest BCUT2D eigenvalue weighted by Crippen LogP contribution is 2.11. The molecule has 0 aromatic heterocycles. The van der Waals surface area contributed by atoms with Gasteiger partial charge in [0, 0.05) is 19.6 Å². The van der Waals surface area contributed by atoms with Crippen molar-refractivity contribution in [1.82, 2.24) is 10.2 Å². The summed E-state index contributed by atoms with van der Waals surface area (Å²) in [6, 6.07) is 8.32. The molecule has 0 spiro atoms. The molecule has 1 amide bonds. The van der Waals surface area contributed by atoms with Gasteiger partial charge in [-0.25, -0.2) is 0 Å². The van der Waals surface area contributed by atoms with E-state index >= 15 is 0 Å². The van der Waals surface area contributed by atoms with E-state index in [1.165, 1.54) is 24.0 Å². The molecule has 2 rings (SSSR count). The highest BCUT2D eigenvalue weighted by Gasteiger charge is 2.20. The Morgan fingerprint density at radius 1 is 1.25 bits per heavy atom. The van der Waals surface area contributed by atoms with Gasteiger partial charge in [0.25, 0.3) is 0 Å². The van der Waals surface area contributed by atoms with Crippen molar-refractivity contribution in [2.24, 2.45) is 0 Å². The van der Waals surface area contributed by atoms with Gasteiger partial charge >= 0.3 is 0 Å². The quantitative estimate of drug-likeness (QED) is 0.915. The largest absolute Gasteiger partial charge is 0.341 e. The van der Waals surface area contributed by atoms with Crippen molar-refractivity contribution in [3.8, 4) is 0 Å². The SMILES string of the molecule is Cc1cccc(CNC(C)C(=O)N2CCCCCC2)c1. The number of carbonyl (C=O) groups excluding carboxylic acids is 1. The van der Waals surface area contributed by atoms with Gasteiger partial charge in [-0.15, -0.1) is 0 Å². The molecule has 1 N–H and O–H groups in total. The van der Waals surface area contributed by atoms with E-state index in [9.17, 15) is 4.79 Å². The van der Waals surface area contributed by atoms with Gasteiger partial charge in [-0.2, -0.15) is 0 Å². The van der Waals surface area contributed by atoms with Gasteiger partial charge in [-0.3, -0.25) is 4.79 Å².